The Morgan fingerprint density at radius 1 is 0.898 bits per heavy atom. The number of carbonyl (C=O) groups is 1. The van der Waals surface area contributed by atoms with E-state index in [0.717, 1.165) is 51.4 Å². The van der Waals surface area contributed by atoms with Crippen LogP contribution in [0.4, 0.5) is 0 Å². The Kier molecular flexibility index (Phi) is 10.3. The Bertz CT molecular complexity index is 1540. The van der Waals surface area contributed by atoms with Crippen LogP contribution >= 0.6 is 0 Å². The van der Waals surface area contributed by atoms with Crippen molar-refractivity contribution in [2.24, 2.45) is 28.6 Å². The molecule has 1 heterocycles. The topological polar surface area (TPSA) is 70.5 Å². The number of nitrogens with zero attached hydrogens (tertiary/aromatic N) is 2. The maximum atomic E-state index is 12.7. The number of hydrogen-bond acceptors (Lipinski definition) is 6. The highest BCUT2D eigenvalue weighted by molar-refractivity contribution is 6.99. The van der Waals surface area contributed by atoms with Crippen molar-refractivity contribution in [1.82, 2.24) is 9.97 Å². The normalized spacial score (nSPS) is 30.4. The Balaban J connectivity index is 1.35. The highest BCUT2D eigenvalue weighted by Gasteiger charge is 2.59. The van der Waals surface area contributed by atoms with Crippen LogP contribution in [0.3, 0.4) is 0 Å². The van der Waals surface area contributed by atoms with Gasteiger partial charge < -0.3 is 13.9 Å². The summed E-state index contributed by atoms with van der Waals surface area (Å²) in [6.45, 7) is 18.5. The van der Waals surface area contributed by atoms with Gasteiger partial charge in [-0.25, -0.2) is 9.97 Å². The lowest BCUT2D eigenvalue weighted by atomic mass is 9.51. The van der Waals surface area contributed by atoms with Crippen molar-refractivity contribution in [2.75, 3.05) is 6.61 Å². The first-order valence-electron chi connectivity index (χ1n) is 18.4. The highest BCUT2D eigenvalue weighted by Crippen LogP contribution is 2.62. The van der Waals surface area contributed by atoms with Gasteiger partial charge in [-0.05, 0) is 89.6 Å². The SMILES string of the molecule is C=C1CC[C@@H]2[C@H](OC(C)=O)[C@H]([C@@]3(C)CC[C@H](O[Si](c4ccccc4)(c4ccccc4)C(C)(C)C)C[C@@H]3CCOc3ncccn3)CC[C@]12C. The van der Waals surface area contributed by atoms with Crippen LogP contribution in [0.25, 0.3) is 0 Å². The van der Waals surface area contributed by atoms with Gasteiger partial charge in [0.25, 0.3) is 8.32 Å². The number of carbonyl (C=O) groups excluding carboxylic acids is 1. The third-order valence-electron chi connectivity index (χ3n) is 12.8. The average molecular weight is 681 g/mol. The fraction of sp³-hybridized carbons (Fsp3) is 0.548. The van der Waals surface area contributed by atoms with E-state index in [4.69, 9.17) is 13.9 Å². The standard InChI is InChI=1S/C42H56N2O4Si/c1-30-19-20-36-38(47-31(2)45)37(22-25-41(30,36)6)42(7)24-21-33(29-32(42)23-28-46-39-43-26-14-27-44-39)48-49(40(3,4)5,34-15-10-8-11-16-34)35-17-12-9-13-18-35/h8-18,26-27,32-33,36-38H,1,19-25,28-29H2,2-7H3/t32-,33-,36+,37+,38-,41+,42-/m0/s1. The van der Waals surface area contributed by atoms with Crippen LogP contribution in [-0.4, -0.2) is 43.1 Å². The molecule has 6 nitrogen and oxygen atoms in total. The third kappa shape index (κ3) is 6.77. The third-order valence-corrected chi connectivity index (χ3v) is 17.9. The molecule has 0 spiro atoms. The zero-order chi connectivity index (χ0) is 34.9. The molecule has 0 amide bonds. The molecule has 1 aromatic heterocycles. The molecule has 0 radical (unpaired) electrons. The number of fused-ring (bicyclic) bond motifs is 1. The zero-order valence-electron chi connectivity index (χ0n) is 30.5. The quantitative estimate of drug-likeness (QED) is 0.122. The number of esters is 1. The summed E-state index contributed by atoms with van der Waals surface area (Å²) in [6.07, 6.45) is 11.4. The minimum Gasteiger partial charge on any atom is -0.463 e. The van der Waals surface area contributed by atoms with Gasteiger partial charge in [0.1, 0.15) is 6.10 Å². The van der Waals surface area contributed by atoms with Crippen molar-refractivity contribution in [3.05, 3.63) is 91.3 Å². The molecule has 3 aliphatic carbocycles. The van der Waals surface area contributed by atoms with Crippen molar-refractivity contribution < 1.29 is 18.7 Å². The van der Waals surface area contributed by atoms with E-state index in [0.29, 0.717) is 24.5 Å². The minimum atomic E-state index is -2.74. The smallest absolute Gasteiger partial charge is 0.316 e. The number of aromatic nitrogens is 2. The molecule has 2 aromatic carbocycles. The lowest BCUT2D eigenvalue weighted by molar-refractivity contribution is -0.173. The largest absolute Gasteiger partial charge is 0.463 e. The molecule has 3 saturated carbocycles. The van der Waals surface area contributed by atoms with E-state index in [2.05, 4.69) is 112 Å². The van der Waals surface area contributed by atoms with Crippen LogP contribution in [0.1, 0.15) is 92.9 Å². The summed E-state index contributed by atoms with van der Waals surface area (Å²) in [6, 6.07) is 24.2. The molecule has 3 aromatic rings. The molecule has 49 heavy (non-hydrogen) atoms. The Labute approximate surface area is 295 Å². The Morgan fingerprint density at radius 2 is 1.53 bits per heavy atom. The summed E-state index contributed by atoms with van der Waals surface area (Å²) in [4.78, 5) is 21.4. The first-order chi connectivity index (χ1) is 23.4. The molecule has 0 saturated heterocycles. The van der Waals surface area contributed by atoms with Crippen LogP contribution in [0, 0.1) is 28.6 Å². The molecule has 3 fully saturated rings. The van der Waals surface area contributed by atoms with Gasteiger partial charge in [0.15, 0.2) is 0 Å². The second-order valence-corrected chi connectivity index (χ2v) is 20.7. The summed E-state index contributed by atoms with van der Waals surface area (Å²) in [5, 5.41) is 2.52. The monoisotopic (exact) mass is 680 g/mol. The molecule has 7 atom stereocenters. The van der Waals surface area contributed by atoms with Gasteiger partial charge in [-0.2, -0.15) is 0 Å². The number of allylic oxidation sites excluding steroid dienone is 1. The summed E-state index contributed by atoms with van der Waals surface area (Å²) >= 11 is 0. The predicted molar refractivity (Wildman–Crippen MR) is 198 cm³/mol. The highest BCUT2D eigenvalue weighted by atomic mass is 28.4. The lowest BCUT2D eigenvalue weighted by Gasteiger charge is -2.57. The Morgan fingerprint density at radius 3 is 2.12 bits per heavy atom. The molecule has 0 aliphatic heterocycles. The van der Waals surface area contributed by atoms with Gasteiger partial charge in [-0.1, -0.05) is 107 Å². The van der Waals surface area contributed by atoms with Crippen molar-refractivity contribution in [3.63, 3.8) is 0 Å². The van der Waals surface area contributed by atoms with E-state index in [-0.39, 0.29) is 40.0 Å². The van der Waals surface area contributed by atoms with E-state index in [1.807, 2.05) is 6.07 Å². The first kappa shape index (κ1) is 35.5. The zero-order valence-corrected chi connectivity index (χ0v) is 31.5. The van der Waals surface area contributed by atoms with E-state index in [1.165, 1.54) is 15.9 Å². The van der Waals surface area contributed by atoms with Crippen LogP contribution in [-0.2, 0) is 14.0 Å². The number of ether oxygens (including phenoxy) is 2. The summed E-state index contributed by atoms with van der Waals surface area (Å²) in [5.41, 5.74) is 1.30. The van der Waals surface area contributed by atoms with E-state index in [1.54, 1.807) is 19.3 Å². The van der Waals surface area contributed by atoms with Gasteiger partial charge in [0.05, 0.1) is 6.61 Å². The number of benzene rings is 2. The van der Waals surface area contributed by atoms with Crippen molar-refractivity contribution in [1.29, 1.82) is 0 Å². The number of rotatable bonds is 10. The van der Waals surface area contributed by atoms with Gasteiger partial charge in [0.2, 0.25) is 0 Å². The van der Waals surface area contributed by atoms with Crippen LogP contribution in [0.2, 0.25) is 5.04 Å². The summed E-state index contributed by atoms with van der Waals surface area (Å²) < 4.78 is 20.3. The molecule has 262 valence electrons. The first-order valence-corrected chi connectivity index (χ1v) is 20.3. The molecule has 0 unspecified atom stereocenters. The van der Waals surface area contributed by atoms with Crippen LogP contribution in [0.15, 0.2) is 91.3 Å². The summed E-state index contributed by atoms with van der Waals surface area (Å²) in [7, 11) is -2.74. The molecular weight excluding hydrogens is 625 g/mol. The molecule has 6 rings (SSSR count). The molecule has 3 aliphatic rings. The lowest BCUT2D eigenvalue weighted by Crippen LogP contribution is -2.68. The summed E-state index contributed by atoms with van der Waals surface area (Å²) in [5.74, 6) is 0.683. The van der Waals surface area contributed by atoms with Gasteiger partial charge in [-0.15, -0.1) is 0 Å². The van der Waals surface area contributed by atoms with Crippen LogP contribution in [0.5, 0.6) is 6.01 Å². The maximum absolute atomic E-state index is 12.7. The van der Waals surface area contributed by atoms with Crippen molar-refractivity contribution in [3.8, 4) is 6.01 Å². The maximum Gasteiger partial charge on any atom is 0.316 e. The minimum absolute atomic E-state index is 0.0276. The van der Waals surface area contributed by atoms with E-state index < -0.39 is 8.32 Å². The molecular formula is C42H56N2O4Si. The van der Waals surface area contributed by atoms with Gasteiger partial charge in [-0.3, -0.25) is 4.79 Å². The van der Waals surface area contributed by atoms with Crippen molar-refractivity contribution >= 4 is 24.7 Å². The fourth-order valence-electron chi connectivity index (χ4n) is 10.1. The van der Waals surface area contributed by atoms with Gasteiger partial charge in [0, 0.05) is 37.3 Å². The molecule has 7 heteroatoms. The van der Waals surface area contributed by atoms with Gasteiger partial charge >= 0.3 is 12.0 Å². The number of hydrogen-bond donors (Lipinski definition) is 0. The van der Waals surface area contributed by atoms with E-state index in [9.17, 15) is 4.79 Å². The average Bonchev–Trinajstić information content (AvgIpc) is 3.39. The van der Waals surface area contributed by atoms with Crippen molar-refractivity contribution in [2.45, 2.75) is 110 Å². The second-order valence-electron chi connectivity index (χ2n) is 16.4. The molecule has 0 bridgehead atoms. The molecule has 0 N–H and O–H groups in total. The van der Waals surface area contributed by atoms with E-state index >= 15 is 0 Å². The van der Waals surface area contributed by atoms with Crippen LogP contribution < -0.4 is 15.1 Å². The second kappa shape index (κ2) is 14.1. The fourth-order valence-corrected chi connectivity index (χ4v) is 14.8. The predicted octanol–water partition coefficient (Wildman–Crippen LogP) is 8.31. The Hall–Kier alpha value is -3.29.